The van der Waals surface area contributed by atoms with Crippen LogP contribution in [-0.2, 0) is 14.8 Å². The molecule has 5 nitrogen and oxygen atoms in total. The molecule has 0 unspecified atom stereocenters. The van der Waals surface area contributed by atoms with Gasteiger partial charge in [0.15, 0.2) is 0 Å². The van der Waals surface area contributed by atoms with Crippen LogP contribution in [0.5, 0.6) is 0 Å². The molecule has 0 aliphatic rings. The Hall–Kier alpha value is -1.27. The Bertz CT molecular complexity index is 588. The van der Waals surface area contributed by atoms with Gasteiger partial charge < -0.3 is 5.32 Å². The van der Waals surface area contributed by atoms with Crippen molar-refractivity contribution >= 4 is 33.2 Å². The van der Waals surface area contributed by atoms with Gasteiger partial charge in [-0.15, -0.1) is 0 Å². The van der Waals surface area contributed by atoms with Crippen molar-refractivity contribution in [3.05, 3.63) is 29.3 Å². The highest BCUT2D eigenvalue weighted by Crippen LogP contribution is 2.22. The van der Waals surface area contributed by atoms with Crippen LogP contribution >= 0.6 is 11.6 Å². The molecule has 1 amide bonds. The van der Waals surface area contributed by atoms with Crippen molar-refractivity contribution in [3.63, 3.8) is 0 Å². The molecule has 0 aliphatic heterocycles. The lowest BCUT2D eigenvalue weighted by molar-refractivity contribution is -0.121. The van der Waals surface area contributed by atoms with E-state index < -0.39 is 10.0 Å². The summed E-state index contributed by atoms with van der Waals surface area (Å²) in [6.07, 6.45) is 1.87. The van der Waals surface area contributed by atoms with E-state index in [1.807, 2.05) is 13.8 Å². The number of nitrogens with zero attached hydrogens (tertiary/aromatic N) is 1. The molecule has 0 heterocycles. The quantitative estimate of drug-likeness (QED) is 0.833. The lowest BCUT2D eigenvalue weighted by atomic mass is 10.2. The Morgan fingerprint density at radius 2 is 2.05 bits per heavy atom. The van der Waals surface area contributed by atoms with Crippen molar-refractivity contribution in [1.82, 2.24) is 5.32 Å². The number of anilines is 1. The molecule has 1 rings (SSSR count). The second-order valence-corrected chi connectivity index (χ2v) is 7.48. The fourth-order valence-electron chi connectivity index (χ4n) is 1.90. The van der Waals surface area contributed by atoms with Gasteiger partial charge >= 0.3 is 0 Å². The first-order valence-electron chi connectivity index (χ1n) is 6.73. The van der Waals surface area contributed by atoms with Gasteiger partial charge in [-0.05, 0) is 38.5 Å². The van der Waals surface area contributed by atoms with E-state index in [4.69, 9.17) is 11.6 Å². The summed E-state index contributed by atoms with van der Waals surface area (Å²) in [5, 5.41) is 3.25. The standard InChI is InChI=1S/C14H21ClN2O3S/c1-11(2)16-14(18)8-5-9-17(21(3,19)20)13-7-4-6-12(15)10-13/h4,6-7,10-11H,5,8-9H2,1-3H3,(H,16,18). The maximum absolute atomic E-state index is 11.9. The number of carbonyl (C=O) groups is 1. The van der Waals surface area contributed by atoms with Gasteiger partial charge in [0.05, 0.1) is 11.9 Å². The summed E-state index contributed by atoms with van der Waals surface area (Å²) in [7, 11) is -3.41. The third-order valence-corrected chi connectivity index (χ3v) is 4.14. The van der Waals surface area contributed by atoms with Gasteiger partial charge in [0, 0.05) is 24.0 Å². The molecule has 118 valence electrons. The maximum Gasteiger partial charge on any atom is 0.232 e. The normalized spacial score (nSPS) is 11.5. The van der Waals surface area contributed by atoms with Crippen LogP contribution in [0.2, 0.25) is 5.02 Å². The zero-order valence-electron chi connectivity index (χ0n) is 12.5. The first-order chi connectivity index (χ1) is 9.70. The van der Waals surface area contributed by atoms with Gasteiger partial charge in [-0.3, -0.25) is 9.10 Å². The minimum atomic E-state index is -3.41. The van der Waals surface area contributed by atoms with Crippen molar-refractivity contribution in [1.29, 1.82) is 0 Å². The highest BCUT2D eigenvalue weighted by molar-refractivity contribution is 7.92. The first-order valence-corrected chi connectivity index (χ1v) is 8.95. The number of halogens is 1. The van der Waals surface area contributed by atoms with Gasteiger partial charge in [-0.25, -0.2) is 8.42 Å². The number of rotatable bonds is 7. The predicted octanol–water partition coefficient (Wildman–Crippen LogP) is 2.41. The Labute approximate surface area is 131 Å². The minimum Gasteiger partial charge on any atom is -0.354 e. The van der Waals surface area contributed by atoms with Crippen LogP contribution in [-0.4, -0.2) is 33.2 Å². The molecule has 1 N–H and O–H groups in total. The average Bonchev–Trinajstić information content (AvgIpc) is 2.32. The molecule has 1 aromatic rings. The number of benzene rings is 1. The fraction of sp³-hybridized carbons (Fsp3) is 0.500. The summed E-state index contributed by atoms with van der Waals surface area (Å²) < 4.78 is 25.0. The third-order valence-electron chi connectivity index (χ3n) is 2.71. The highest BCUT2D eigenvalue weighted by Gasteiger charge is 2.17. The van der Waals surface area contributed by atoms with Gasteiger partial charge in [0.1, 0.15) is 0 Å². The molecule has 0 aromatic heterocycles. The van der Waals surface area contributed by atoms with E-state index in [2.05, 4.69) is 5.32 Å². The van der Waals surface area contributed by atoms with Crippen LogP contribution in [0.4, 0.5) is 5.69 Å². The third kappa shape index (κ3) is 6.35. The lowest BCUT2D eigenvalue weighted by Crippen LogP contribution is -2.33. The van der Waals surface area contributed by atoms with E-state index >= 15 is 0 Å². The molecular formula is C14H21ClN2O3S. The van der Waals surface area contributed by atoms with E-state index in [1.54, 1.807) is 24.3 Å². The Morgan fingerprint density at radius 1 is 1.38 bits per heavy atom. The second kappa shape index (κ2) is 7.66. The second-order valence-electron chi connectivity index (χ2n) is 5.14. The topological polar surface area (TPSA) is 66.5 Å². The number of hydrogen-bond acceptors (Lipinski definition) is 3. The zero-order chi connectivity index (χ0) is 16.0. The molecule has 1 aromatic carbocycles. The monoisotopic (exact) mass is 332 g/mol. The van der Waals surface area contributed by atoms with Gasteiger partial charge in [0.25, 0.3) is 0 Å². The first kappa shape index (κ1) is 17.8. The van der Waals surface area contributed by atoms with Crippen molar-refractivity contribution in [2.75, 3.05) is 17.1 Å². The molecule has 0 fully saturated rings. The van der Waals surface area contributed by atoms with Crippen molar-refractivity contribution in [3.8, 4) is 0 Å². The van der Waals surface area contributed by atoms with Crippen LogP contribution in [0.25, 0.3) is 0 Å². The summed E-state index contributed by atoms with van der Waals surface area (Å²) in [6, 6.07) is 6.73. The molecular weight excluding hydrogens is 312 g/mol. The SMILES string of the molecule is CC(C)NC(=O)CCCN(c1cccc(Cl)c1)S(C)(=O)=O. The minimum absolute atomic E-state index is 0.0791. The van der Waals surface area contributed by atoms with Crippen LogP contribution in [0.15, 0.2) is 24.3 Å². The molecule has 0 bridgehead atoms. The average molecular weight is 333 g/mol. The van der Waals surface area contributed by atoms with Crippen molar-refractivity contribution in [2.24, 2.45) is 0 Å². The molecule has 0 spiro atoms. The largest absolute Gasteiger partial charge is 0.354 e. The Balaban J connectivity index is 2.71. The number of amides is 1. The fourth-order valence-corrected chi connectivity index (χ4v) is 3.04. The number of sulfonamides is 1. The van der Waals surface area contributed by atoms with Crippen molar-refractivity contribution in [2.45, 2.75) is 32.7 Å². The van der Waals surface area contributed by atoms with Gasteiger partial charge in [0.2, 0.25) is 15.9 Å². The number of nitrogens with one attached hydrogen (secondary N) is 1. The zero-order valence-corrected chi connectivity index (χ0v) is 14.0. The summed E-state index contributed by atoms with van der Waals surface area (Å²) in [5.74, 6) is -0.0791. The van der Waals surface area contributed by atoms with Gasteiger partial charge in [-0.2, -0.15) is 0 Å². The molecule has 21 heavy (non-hydrogen) atoms. The molecule has 0 atom stereocenters. The summed E-state index contributed by atoms with van der Waals surface area (Å²) in [5.41, 5.74) is 0.509. The molecule has 0 aliphatic carbocycles. The molecule has 0 radical (unpaired) electrons. The van der Waals surface area contributed by atoms with Crippen LogP contribution in [0.1, 0.15) is 26.7 Å². The van der Waals surface area contributed by atoms with Crippen LogP contribution in [0.3, 0.4) is 0 Å². The Kier molecular flexibility index (Phi) is 6.48. The van der Waals surface area contributed by atoms with Gasteiger partial charge in [-0.1, -0.05) is 17.7 Å². The van der Waals surface area contributed by atoms with Crippen LogP contribution < -0.4 is 9.62 Å². The lowest BCUT2D eigenvalue weighted by Gasteiger charge is -2.22. The summed E-state index contributed by atoms with van der Waals surface area (Å²) >= 11 is 5.90. The highest BCUT2D eigenvalue weighted by atomic mass is 35.5. The van der Waals surface area contributed by atoms with Crippen LogP contribution in [0, 0.1) is 0 Å². The summed E-state index contributed by atoms with van der Waals surface area (Å²) in [6.45, 7) is 4.00. The van der Waals surface area contributed by atoms with E-state index in [9.17, 15) is 13.2 Å². The summed E-state index contributed by atoms with van der Waals surface area (Å²) in [4.78, 5) is 11.6. The van der Waals surface area contributed by atoms with Crippen molar-refractivity contribution < 1.29 is 13.2 Å². The van der Waals surface area contributed by atoms with E-state index in [0.717, 1.165) is 6.26 Å². The molecule has 0 saturated heterocycles. The maximum atomic E-state index is 11.9. The smallest absolute Gasteiger partial charge is 0.232 e. The molecule has 0 saturated carbocycles. The van der Waals surface area contributed by atoms with E-state index in [0.29, 0.717) is 17.1 Å². The van der Waals surface area contributed by atoms with E-state index in [-0.39, 0.29) is 24.9 Å². The predicted molar refractivity (Wildman–Crippen MR) is 86.2 cm³/mol. The Morgan fingerprint density at radius 3 is 2.57 bits per heavy atom. The van der Waals surface area contributed by atoms with E-state index in [1.165, 1.54) is 4.31 Å². The molecule has 7 heteroatoms. The number of hydrogen-bond donors (Lipinski definition) is 1. The number of carbonyl (C=O) groups excluding carboxylic acids is 1.